The van der Waals surface area contributed by atoms with Gasteiger partial charge in [0.2, 0.25) is 0 Å². The molecule has 6 heteroatoms. The molecule has 0 radical (unpaired) electrons. The van der Waals surface area contributed by atoms with E-state index in [0.29, 0.717) is 16.6 Å². The highest BCUT2D eigenvalue weighted by Gasteiger charge is 2.49. The fourth-order valence-corrected chi connectivity index (χ4v) is 4.66. The largest absolute Gasteiger partial charge is 0.304 e. The number of nitrogens with one attached hydrogen (secondary N) is 1. The van der Waals surface area contributed by atoms with E-state index in [9.17, 15) is 14.0 Å². The first-order valence-electron chi connectivity index (χ1n) is 8.83. The summed E-state index contributed by atoms with van der Waals surface area (Å²) in [5.74, 6) is -1.12. The van der Waals surface area contributed by atoms with Gasteiger partial charge in [0.25, 0.3) is 0 Å². The summed E-state index contributed by atoms with van der Waals surface area (Å²) in [4.78, 5) is 30.7. The SMILES string of the molecule is CC1(C)CCC2=NC3=C(C(=O)CNC3)C(c3ccc(F)c(Br)c3)C2C1=O. The normalized spacial score (nSPS) is 27.8. The number of ketones is 2. The zero-order chi connectivity index (χ0) is 18.6. The molecule has 0 saturated heterocycles. The third-order valence-electron chi connectivity index (χ3n) is 5.73. The molecular weight excluding hydrogens is 399 g/mol. The van der Waals surface area contributed by atoms with Crippen LogP contribution in [0.4, 0.5) is 4.39 Å². The molecule has 2 unspecified atom stereocenters. The van der Waals surface area contributed by atoms with Crippen molar-refractivity contribution in [3.63, 3.8) is 0 Å². The predicted octanol–water partition coefficient (Wildman–Crippen LogP) is 3.56. The molecule has 0 amide bonds. The lowest BCUT2D eigenvalue weighted by Gasteiger charge is -2.42. The Hall–Kier alpha value is -1.66. The van der Waals surface area contributed by atoms with Crippen molar-refractivity contribution in [1.29, 1.82) is 0 Å². The van der Waals surface area contributed by atoms with Crippen molar-refractivity contribution in [1.82, 2.24) is 5.32 Å². The zero-order valence-corrected chi connectivity index (χ0v) is 16.3. The second-order valence-electron chi connectivity index (χ2n) is 7.87. The Bertz CT molecular complexity index is 888. The summed E-state index contributed by atoms with van der Waals surface area (Å²) in [6.07, 6.45) is 1.50. The highest BCUT2D eigenvalue weighted by Crippen LogP contribution is 2.47. The second-order valence-corrected chi connectivity index (χ2v) is 8.72. The van der Waals surface area contributed by atoms with Crippen LogP contribution in [-0.2, 0) is 9.59 Å². The van der Waals surface area contributed by atoms with Gasteiger partial charge < -0.3 is 5.32 Å². The molecule has 2 heterocycles. The zero-order valence-electron chi connectivity index (χ0n) is 14.7. The number of aliphatic imine (C=N–C) groups is 1. The van der Waals surface area contributed by atoms with E-state index in [0.717, 1.165) is 29.8 Å². The molecule has 1 N–H and O–H groups in total. The van der Waals surface area contributed by atoms with Gasteiger partial charge in [-0.3, -0.25) is 14.6 Å². The number of hydrogen-bond donors (Lipinski definition) is 1. The molecule has 2 atom stereocenters. The quantitative estimate of drug-likeness (QED) is 0.758. The average molecular weight is 419 g/mol. The van der Waals surface area contributed by atoms with Crippen LogP contribution in [0.15, 0.2) is 38.9 Å². The molecule has 0 spiro atoms. The van der Waals surface area contributed by atoms with E-state index < -0.39 is 17.3 Å². The van der Waals surface area contributed by atoms with Gasteiger partial charge in [0.1, 0.15) is 11.6 Å². The molecular formula is C20H20BrFN2O2. The smallest absolute Gasteiger partial charge is 0.175 e. The Morgan fingerprint density at radius 1 is 1.23 bits per heavy atom. The fourth-order valence-electron chi connectivity index (χ4n) is 4.26. The lowest BCUT2D eigenvalue weighted by atomic mass is 9.61. The Morgan fingerprint density at radius 3 is 2.73 bits per heavy atom. The number of Topliss-reactive ketones (excluding diaryl/α,β-unsaturated/α-hetero) is 2. The molecule has 1 aromatic rings. The maximum Gasteiger partial charge on any atom is 0.175 e. The Balaban J connectivity index is 1.92. The van der Waals surface area contributed by atoms with E-state index in [1.165, 1.54) is 6.07 Å². The minimum Gasteiger partial charge on any atom is -0.304 e. The highest BCUT2D eigenvalue weighted by molar-refractivity contribution is 9.10. The summed E-state index contributed by atoms with van der Waals surface area (Å²) in [7, 11) is 0. The van der Waals surface area contributed by atoms with Crippen LogP contribution in [0.1, 0.15) is 38.2 Å². The van der Waals surface area contributed by atoms with Crippen LogP contribution in [0.3, 0.4) is 0 Å². The molecule has 1 fully saturated rings. The van der Waals surface area contributed by atoms with E-state index in [1.54, 1.807) is 12.1 Å². The van der Waals surface area contributed by atoms with Gasteiger partial charge in [-0.1, -0.05) is 19.9 Å². The van der Waals surface area contributed by atoms with Crippen LogP contribution in [0.5, 0.6) is 0 Å². The standard InChI is InChI=1S/C20H20BrFN2O2/c1-20(2)6-5-13-18(19(20)26)16(10-3-4-12(22)11(21)7-10)17-14(24-13)8-23-9-15(17)25/h3-4,7,16,18,23H,5-6,8-9H2,1-2H3. The topological polar surface area (TPSA) is 58.5 Å². The summed E-state index contributed by atoms with van der Waals surface area (Å²) in [5.41, 5.74) is 2.53. The number of hydrogen-bond acceptors (Lipinski definition) is 4. The number of nitrogens with zero attached hydrogens (tertiary/aromatic N) is 1. The maximum atomic E-state index is 13.8. The molecule has 0 aromatic heterocycles. The van der Waals surface area contributed by atoms with Crippen molar-refractivity contribution < 1.29 is 14.0 Å². The van der Waals surface area contributed by atoms with Crippen LogP contribution in [0.2, 0.25) is 0 Å². The van der Waals surface area contributed by atoms with Gasteiger partial charge in [-0.2, -0.15) is 0 Å². The van der Waals surface area contributed by atoms with E-state index in [2.05, 4.69) is 21.2 Å². The average Bonchev–Trinajstić information content (AvgIpc) is 2.60. The molecule has 2 aliphatic heterocycles. The van der Waals surface area contributed by atoms with E-state index >= 15 is 0 Å². The van der Waals surface area contributed by atoms with Gasteiger partial charge in [0, 0.05) is 29.2 Å². The molecule has 3 aliphatic rings. The number of benzene rings is 1. The molecule has 4 nitrogen and oxygen atoms in total. The number of fused-ring (bicyclic) bond motifs is 1. The van der Waals surface area contributed by atoms with Gasteiger partial charge in [-0.25, -0.2) is 4.39 Å². The number of rotatable bonds is 1. The monoisotopic (exact) mass is 418 g/mol. The first-order valence-corrected chi connectivity index (χ1v) is 9.62. The molecule has 1 saturated carbocycles. The first-order chi connectivity index (χ1) is 12.3. The van der Waals surface area contributed by atoms with E-state index in [-0.39, 0.29) is 23.9 Å². The predicted molar refractivity (Wildman–Crippen MR) is 101 cm³/mol. The van der Waals surface area contributed by atoms with Crippen LogP contribution in [0, 0.1) is 17.2 Å². The van der Waals surface area contributed by atoms with Gasteiger partial charge in [0.05, 0.1) is 22.6 Å². The van der Waals surface area contributed by atoms with Crippen molar-refractivity contribution in [2.75, 3.05) is 13.1 Å². The van der Waals surface area contributed by atoms with Gasteiger partial charge in [0.15, 0.2) is 5.78 Å². The van der Waals surface area contributed by atoms with Crippen molar-refractivity contribution in [2.45, 2.75) is 32.6 Å². The number of carbonyl (C=O) groups is 2. The second kappa shape index (κ2) is 6.20. The number of carbonyl (C=O) groups excluding carboxylic acids is 2. The molecule has 136 valence electrons. The molecule has 4 rings (SSSR count). The van der Waals surface area contributed by atoms with Crippen molar-refractivity contribution in [3.8, 4) is 0 Å². The molecule has 0 bridgehead atoms. The minimum atomic E-state index is -0.451. The first kappa shape index (κ1) is 17.7. The summed E-state index contributed by atoms with van der Waals surface area (Å²) in [6, 6.07) is 4.76. The molecule has 1 aliphatic carbocycles. The maximum absolute atomic E-state index is 13.8. The lowest BCUT2D eigenvalue weighted by Crippen LogP contribution is -2.48. The number of halogens is 2. The van der Waals surface area contributed by atoms with Gasteiger partial charge in [-0.15, -0.1) is 0 Å². The van der Waals surface area contributed by atoms with Crippen molar-refractivity contribution in [3.05, 3.63) is 45.3 Å². The van der Waals surface area contributed by atoms with Crippen molar-refractivity contribution in [2.24, 2.45) is 16.3 Å². The van der Waals surface area contributed by atoms with Gasteiger partial charge in [-0.05, 0) is 46.5 Å². The molecule has 26 heavy (non-hydrogen) atoms. The Kier molecular flexibility index (Phi) is 4.23. The van der Waals surface area contributed by atoms with Crippen LogP contribution in [0.25, 0.3) is 0 Å². The fraction of sp³-hybridized carbons (Fsp3) is 0.450. The minimum absolute atomic E-state index is 0.0318. The van der Waals surface area contributed by atoms with Crippen LogP contribution >= 0.6 is 15.9 Å². The Morgan fingerprint density at radius 2 is 2.00 bits per heavy atom. The summed E-state index contributed by atoms with van der Waals surface area (Å²) in [5, 5.41) is 3.08. The van der Waals surface area contributed by atoms with Crippen LogP contribution in [-0.4, -0.2) is 30.4 Å². The summed E-state index contributed by atoms with van der Waals surface area (Å²) in [6.45, 7) is 4.68. The summed E-state index contributed by atoms with van der Waals surface area (Å²) < 4.78 is 14.1. The van der Waals surface area contributed by atoms with E-state index in [4.69, 9.17) is 4.99 Å². The van der Waals surface area contributed by atoms with Crippen molar-refractivity contribution >= 4 is 33.2 Å². The highest BCUT2D eigenvalue weighted by atomic mass is 79.9. The third kappa shape index (κ3) is 2.70. The van der Waals surface area contributed by atoms with Crippen LogP contribution < -0.4 is 5.32 Å². The Labute approximate surface area is 160 Å². The lowest BCUT2D eigenvalue weighted by molar-refractivity contribution is -0.131. The van der Waals surface area contributed by atoms with E-state index in [1.807, 2.05) is 13.8 Å². The third-order valence-corrected chi connectivity index (χ3v) is 6.34. The van der Waals surface area contributed by atoms with Gasteiger partial charge >= 0.3 is 0 Å². The summed E-state index contributed by atoms with van der Waals surface area (Å²) >= 11 is 3.24. The molecule has 1 aromatic carbocycles.